The molecule has 10 aromatic carbocycles. The van der Waals surface area contributed by atoms with Crippen molar-refractivity contribution >= 4 is 82.4 Å². The van der Waals surface area contributed by atoms with E-state index in [9.17, 15) is 0 Å². The molecule has 276 valence electrons. The highest BCUT2D eigenvalue weighted by Crippen LogP contribution is 2.45. The van der Waals surface area contributed by atoms with E-state index in [-0.39, 0.29) is 0 Å². The lowest BCUT2D eigenvalue weighted by molar-refractivity contribution is 0.669. The predicted molar refractivity (Wildman–Crippen MR) is 249 cm³/mol. The molecule has 0 amide bonds. The van der Waals surface area contributed by atoms with Crippen molar-refractivity contribution < 1.29 is 4.42 Å². The summed E-state index contributed by atoms with van der Waals surface area (Å²) in [6.07, 6.45) is 0. The van der Waals surface area contributed by atoms with Crippen LogP contribution in [0, 0.1) is 0 Å². The van der Waals surface area contributed by atoms with E-state index in [1.807, 2.05) is 12.1 Å². The molecule has 0 aliphatic carbocycles. The van der Waals surface area contributed by atoms with Gasteiger partial charge in [-0.05, 0) is 105 Å². The minimum atomic E-state index is 0.893. The molecule has 12 aromatic rings. The summed E-state index contributed by atoms with van der Waals surface area (Å²) in [5, 5.41) is 9.66. The van der Waals surface area contributed by atoms with E-state index in [0.29, 0.717) is 0 Å². The predicted octanol–water partition coefficient (Wildman–Crippen LogP) is 15.8. The average Bonchev–Trinajstić information content (AvgIpc) is 3.86. The molecule has 0 bridgehead atoms. The Morgan fingerprint density at radius 2 is 0.966 bits per heavy atom. The lowest BCUT2D eigenvalue weighted by Crippen LogP contribution is -2.11. The van der Waals surface area contributed by atoms with E-state index in [1.54, 1.807) is 0 Å². The molecule has 0 saturated carbocycles. The lowest BCUT2D eigenvalue weighted by atomic mass is 9.97. The first-order valence-electron chi connectivity index (χ1n) is 20.2. The molecule has 0 aliphatic heterocycles. The number of fused-ring (bicyclic) bond motifs is 9. The normalized spacial score (nSPS) is 11.7. The number of nitrogens with zero attached hydrogens (tertiary/aromatic N) is 2. The lowest BCUT2D eigenvalue weighted by Gasteiger charge is -2.28. The molecule has 2 aromatic heterocycles. The maximum absolute atomic E-state index is 6.32. The number of furan rings is 1. The Hall–Kier alpha value is -7.88. The largest absolute Gasteiger partial charge is 0.456 e. The summed E-state index contributed by atoms with van der Waals surface area (Å²) in [7, 11) is 0. The van der Waals surface area contributed by atoms with Crippen LogP contribution in [0.15, 0.2) is 223 Å². The van der Waals surface area contributed by atoms with Gasteiger partial charge < -0.3 is 13.9 Å². The number of benzene rings is 10. The average molecular weight is 753 g/mol. The summed E-state index contributed by atoms with van der Waals surface area (Å²) in [6.45, 7) is 0. The first-order valence-corrected chi connectivity index (χ1v) is 20.2. The van der Waals surface area contributed by atoms with Gasteiger partial charge in [0.1, 0.15) is 11.2 Å². The Labute approximate surface area is 341 Å². The highest BCUT2D eigenvalue weighted by molar-refractivity contribution is 6.15. The molecular weight excluding hydrogens is 717 g/mol. The van der Waals surface area contributed by atoms with Crippen molar-refractivity contribution in [2.75, 3.05) is 4.90 Å². The Bertz CT molecular complexity index is 3520. The van der Waals surface area contributed by atoms with Gasteiger partial charge in [0, 0.05) is 44.0 Å². The van der Waals surface area contributed by atoms with Crippen LogP contribution in [0.1, 0.15) is 0 Å². The van der Waals surface area contributed by atoms with Crippen molar-refractivity contribution in [2.24, 2.45) is 0 Å². The quantitative estimate of drug-likeness (QED) is 0.158. The van der Waals surface area contributed by atoms with Gasteiger partial charge in [-0.15, -0.1) is 0 Å². The summed E-state index contributed by atoms with van der Waals surface area (Å²) >= 11 is 0. The fraction of sp³-hybridized carbons (Fsp3) is 0. The summed E-state index contributed by atoms with van der Waals surface area (Å²) in [5.41, 5.74) is 13.2. The van der Waals surface area contributed by atoms with Crippen LogP contribution in [0.25, 0.3) is 93.2 Å². The minimum Gasteiger partial charge on any atom is -0.456 e. The van der Waals surface area contributed by atoms with Crippen molar-refractivity contribution in [3.8, 4) is 27.9 Å². The molecule has 0 N–H and O–H groups in total. The molecule has 0 atom stereocenters. The third-order valence-corrected chi connectivity index (χ3v) is 11.9. The van der Waals surface area contributed by atoms with Crippen molar-refractivity contribution in [1.29, 1.82) is 0 Å². The van der Waals surface area contributed by atoms with Crippen LogP contribution in [0.3, 0.4) is 0 Å². The van der Waals surface area contributed by atoms with Gasteiger partial charge >= 0.3 is 0 Å². The number of hydrogen-bond acceptors (Lipinski definition) is 2. The molecule has 12 rings (SSSR count). The first kappa shape index (κ1) is 33.3. The summed E-state index contributed by atoms with van der Waals surface area (Å²) < 4.78 is 8.71. The van der Waals surface area contributed by atoms with Crippen molar-refractivity contribution in [3.63, 3.8) is 0 Å². The third kappa shape index (κ3) is 5.36. The van der Waals surface area contributed by atoms with Gasteiger partial charge in [0.25, 0.3) is 0 Å². The van der Waals surface area contributed by atoms with Crippen LogP contribution in [-0.2, 0) is 0 Å². The van der Waals surface area contributed by atoms with Crippen LogP contribution in [0.4, 0.5) is 17.1 Å². The Kier molecular flexibility index (Phi) is 7.54. The van der Waals surface area contributed by atoms with Crippen LogP contribution in [-0.4, -0.2) is 4.57 Å². The van der Waals surface area contributed by atoms with Crippen molar-refractivity contribution in [2.45, 2.75) is 0 Å². The van der Waals surface area contributed by atoms with Gasteiger partial charge in [0.05, 0.1) is 16.7 Å². The zero-order chi connectivity index (χ0) is 38.9. The van der Waals surface area contributed by atoms with Crippen LogP contribution in [0.5, 0.6) is 0 Å². The number of para-hydroxylation sites is 3. The number of anilines is 3. The van der Waals surface area contributed by atoms with E-state index in [2.05, 4.69) is 216 Å². The molecule has 0 fully saturated rings. The first-order chi connectivity index (χ1) is 29.3. The number of rotatable bonds is 6. The second-order valence-electron chi connectivity index (χ2n) is 15.3. The Morgan fingerprint density at radius 1 is 0.356 bits per heavy atom. The van der Waals surface area contributed by atoms with Crippen molar-refractivity contribution in [3.05, 3.63) is 218 Å². The molecule has 3 nitrogen and oxygen atoms in total. The standard InChI is InChI=1S/C56H36N2O/c1-2-19-44-40(14-1)36-53(47-21-4-3-20-46(44)47)57(42-17-12-16-39(35-42)45-25-13-29-55-56(45)50-24-7-10-28-54(50)59-55)41-32-30-37(31-33-41)38-15-11-18-43(34-38)58-51-26-8-5-22-48(51)49-23-6-9-27-52(49)58/h1-36H. The molecule has 0 saturated heterocycles. The molecule has 0 radical (unpaired) electrons. The fourth-order valence-electron chi connectivity index (χ4n) is 9.30. The second kappa shape index (κ2) is 13.4. The van der Waals surface area contributed by atoms with Gasteiger partial charge in [0.15, 0.2) is 0 Å². The molecule has 2 heterocycles. The number of hydrogen-bond donors (Lipinski definition) is 0. The molecule has 0 spiro atoms. The van der Waals surface area contributed by atoms with E-state index < -0.39 is 0 Å². The van der Waals surface area contributed by atoms with Gasteiger partial charge in [-0.3, -0.25) is 0 Å². The molecule has 0 aliphatic rings. The molecule has 59 heavy (non-hydrogen) atoms. The van der Waals surface area contributed by atoms with Crippen LogP contribution < -0.4 is 4.90 Å². The van der Waals surface area contributed by atoms with Gasteiger partial charge in [-0.1, -0.05) is 152 Å². The highest BCUT2D eigenvalue weighted by Gasteiger charge is 2.20. The number of aromatic nitrogens is 1. The highest BCUT2D eigenvalue weighted by atomic mass is 16.3. The second-order valence-corrected chi connectivity index (χ2v) is 15.3. The minimum absolute atomic E-state index is 0.893. The van der Waals surface area contributed by atoms with E-state index in [0.717, 1.165) is 61.4 Å². The molecular formula is C56H36N2O. The Balaban J connectivity index is 1.02. The monoisotopic (exact) mass is 752 g/mol. The maximum Gasteiger partial charge on any atom is 0.136 e. The van der Waals surface area contributed by atoms with E-state index in [4.69, 9.17) is 4.42 Å². The summed E-state index contributed by atoms with van der Waals surface area (Å²) in [6, 6.07) is 78.8. The zero-order valence-corrected chi connectivity index (χ0v) is 32.1. The van der Waals surface area contributed by atoms with Gasteiger partial charge in [-0.25, -0.2) is 0 Å². The third-order valence-electron chi connectivity index (χ3n) is 11.9. The topological polar surface area (TPSA) is 21.3 Å². The van der Waals surface area contributed by atoms with Crippen LogP contribution >= 0.6 is 0 Å². The summed E-state index contributed by atoms with van der Waals surface area (Å²) in [4.78, 5) is 2.42. The van der Waals surface area contributed by atoms with Crippen LogP contribution in [0.2, 0.25) is 0 Å². The van der Waals surface area contributed by atoms with Crippen molar-refractivity contribution in [1.82, 2.24) is 4.57 Å². The van der Waals surface area contributed by atoms with Gasteiger partial charge in [-0.2, -0.15) is 0 Å². The smallest absolute Gasteiger partial charge is 0.136 e. The molecule has 0 unspecified atom stereocenters. The summed E-state index contributed by atoms with van der Waals surface area (Å²) in [5.74, 6) is 0. The zero-order valence-electron chi connectivity index (χ0n) is 32.1. The fourth-order valence-corrected chi connectivity index (χ4v) is 9.30. The Morgan fingerprint density at radius 3 is 1.76 bits per heavy atom. The van der Waals surface area contributed by atoms with Gasteiger partial charge in [0.2, 0.25) is 0 Å². The van der Waals surface area contributed by atoms with E-state index >= 15 is 0 Å². The molecule has 3 heteroatoms. The SMILES string of the molecule is c1cc(-c2cccc3oc4ccccc4c23)cc(N(c2ccc(-c3cccc(-n4c5ccccc5c5ccccc54)c3)cc2)c2cc3ccccc3c3ccccc23)c1. The maximum atomic E-state index is 6.32. The van der Waals surface area contributed by atoms with E-state index in [1.165, 1.54) is 48.9 Å².